The summed E-state index contributed by atoms with van der Waals surface area (Å²) in [6, 6.07) is -0.263. The zero-order valence-corrected chi connectivity index (χ0v) is 16.5. The molecule has 1 aromatic carbocycles. The van der Waals surface area contributed by atoms with Crippen molar-refractivity contribution in [2.75, 3.05) is 30.4 Å². The van der Waals surface area contributed by atoms with Crippen molar-refractivity contribution in [1.82, 2.24) is 9.55 Å². The fraction of sp³-hybridized carbons (Fsp3) is 0.467. The number of aliphatic hydroxyl groups excluding tert-OH is 2. The van der Waals surface area contributed by atoms with Crippen molar-refractivity contribution >= 4 is 19.2 Å². The Labute approximate surface area is 171 Å². The number of phosphoric ester groups is 1. The number of aliphatic hydroxyl groups is 2. The molecule has 4 atom stereocenters. The van der Waals surface area contributed by atoms with Crippen LogP contribution in [0.2, 0.25) is 0 Å². The van der Waals surface area contributed by atoms with E-state index in [0.717, 1.165) is 16.8 Å². The fourth-order valence-corrected chi connectivity index (χ4v) is 3.48. The molecule has 0 spiro atoms. The molecule has 1 aromatic heterocycles. The lowest BCUT2D eigenvalue weighted by molar-refractivity contribution is -0.0525. The highest BCUT2D eigenvalue weighted by Crippen LogP contribution is 2.39. The van der Waals surface area contributed by atoms with Gasteiger partial charge in [-0.2, -0.15) is 0 Å². The van der Waals surface area contributed by atoms with Gasteiger partial charge < -0.3 is 35.4 Å². The summed E-state index contributed by atoms with van der Waals surface area (Å²) < 4.78 is 21.9. The largest absolute Gasteiger partial charge is 0.469 e. The van der Waals surface area contributed by atoms with Crippen LogP contribution < -0.4 is 32.7 Å². The third kappa shape index (κ3) is 4.83. The van der Waals surface area contributed by atoms with Gasteiger partial charge in [0.15, 0.2) is 6.23 Å². The second-order valence-electron chi connectivity index (χ2n) is 6.59. The number of aromatic amines is 1. The van der Waals surface area contributed by atoms with E-state index < -0.39 is 61.0 Å². The number of anilines is 2. The molecule has 1 aliphatic rings. The summed E-state index contributed by atoms with van der Waals surface area (Å²) in [5.74, 6) is 0. The Morgan fingerprint density at radius 3 is 2.48 bits per heavy atom. The van der Waals surface area contributed by atoms with Crippen LogP contribution in [-0.2, 0) is 13.8 Å². The van der Waals surface area contributed by atoms with E-state index in [1.165, 1.54) is 0 Å². The third-order valence-corrected chi connectivity index (χ3v) is 5.03. The molecular weight excluding hydrogens is 443 g/mol. The minimum absolute atomic E-state index is 0.0383. The second kappa shape index (κ2) is 8.84. The van der Waals surface area contributed by atoms with Crippen LogP contribution in [0.3, 0.4) is 0 Å². The maximum Gasteiger partial charge on any atom is 0.469 e. The molecule has 1 saturated heterocycles. The van der Waals surface area contributed by atoms with Crippen molar-refractivity contribution in [1.29, 1.82) is 0 Å². The molecule has 170 valence electrons. The average molecular weight is 462 g/mol. The zero-order chi connectivity index (χ0) is 22.9. The number of hydrogen-bond donors (Lipinski definition) is 7. The van der Waals surface area contributed by atoms with Crippen molar-refractivity contribution < 1.29 is 33.8 Å². The van der Waals surface area contributed by atoms with Gasteiger partial charge in [-0.25, -0.2) is 9.36 Å². The van der Waals surface area contributed by atoms with Crippen LogP contribution in [-0.4, -0.2) is 67.6 Å². The van der Waals surface area contributed by atoms with Crippen molar-refractivity contribution in [3.8, 4) is 0 Å². The number of hydrogen-bond acceptors (Lipinski definition) is 11. The van der Waals surface area contributed by atoms with E-state index in [9.17, 15) is 28.8 Å². The number of H-pyrrole nitrogens is 1. The summed E-state index contributed by atoms with van der Waals surface area (Å²) in [5.41, 5.74) is -3.79. The van der Waals surface area contributed by atoms with Gasteiger partial charge in [0.1, 0.15) is 23.6 Å². The Bertz CT molecular complexity index is 1180. The topological polar surface area (TPSA) is 230 Å². The van der Waals surface area contributed by atoms with Crippen molar-refractivity contribution in [2.45, 2.75) is 24.5 Å². The van der Waals surface area contributed by atoms with E-state index >= 15 is 0 Å². The highest BCUT2D eigenvalue weighted by atomic mass is 31.2. The molecule has 3 rings (SSSR count). The highest BCUT2D eigenvalue weighted by molar-refractivity contribution is 7.46. The Hall–Kier alpha value is -2.65. The van der Waals surface area contributed by atoms with Gasteiger partial charge in [-0.15, -0.1) is 0 Å². The Morgan fingerprint density at radius 2 is 1.87 bits per heavy atom. The Morgan fingerprint density at radius 1 is 1.19 bits per heavy atom. The fourth-order valence-electron chi connectivity index (χ4n) is 3.14. The van der Waals surface area contributed by atoms with Crippen LogP contribution in [0.25, 0.3) is 0 Å². The van der Waals surface area contributed by atoms with Gasteiger partial charge >= 0.3 is 13.5 Å². The van der Waals surface area contributed by atoms with E-state index in [1.54, 1.807) is 0 Å². The molecule has 0 amide bonds. The molecule has 15 nitrogen and oxygen atoms in total. The minimum Gasteiger partial charge on any atom is -0.395 e. The number of rotatable bonds is 9. The van der Waals surface area contributed by atoms with E-state index in [4.69, 9.17) is 19.6 Å². The Balaban J connectivity index is 1.91. The molecular formula is C15H19N4O11P. The number of phosphoric acid groups is 1. The predicted octanol–water partition coefficient (Wildman–Crippen LogP) is -3.61. The third-order valence-electron chi connectivity index (χ3n) is 4.54. The Kier molecular flexibility index (Phi) is 6.56. The lowest BCUT2D eigenvalue weighted by Crippen LogP contribution is -2.46. The number of aromatic nitrogens is 2. The van der Waals surface area contributed by atoms with Crippen LogP contribution in [0.5, 0.6) is 0 Å². The van der Waals surface area contributed by atoms with E-state index in [0.29, 0.717) is 0 Å². The standard InChI is InChI=1S/C15H19N4O11P/c20-4-2-16-9-10(12(23)11(9)22)18-8-6(5-29-31(26,27)28)30-14(13(8)24)19-3-1-7(21)17-15(19)25/h1,3,6,8,13-14,16,18,20,24H,2,4-5H2,(H,17,21,25)(H2,26,27,28)/t6-,8-,13-,14-/m1/s1. The van der Waals surface area contributed by atoms with Gasteiger partial charge in [0.25, 0.3) is 16.4 Å². The summed E-state index contributed by atoms with van der Waals surface area (Å²) in [5, 5.41) is 24.7. The second-order valence-corrected chi connectivity index (χ2v) is 7.83. The van der Waals surface area contributed by atoms with Gasteiger partial charge in [0.05, 0.1) is 19.3 Å². The van der Waals surface area contributed by atoms with Gasteiger partial charge in [0, 0.05) is 18.8 Å². The van der Waals surface area contributed by atoms with Crippen LogP contribution in [0.15, 0.2) is 31.4 Å². The highest BCUT2D eigenvalue weighted by Gasteiger charge is 2.47. The molecule has 0 radical (unpaired) electrons. The van der Waals surface area contributed by atoms with Crippen LogP contribution >= 0.6 is 7.82 Å². The lowest BCUT2D eigenvalue weighted by atomic mass is 10.0. The van der Waals surface area contributed by atoms with Crippen LogP contribution in [0.4, 0.5) is 11.4 Å². The molecule has 7 N–H and O–H groups in total. The predicted molar refractivity (Wildman–Crippen MR) is 104 cm³/mol. The first-order chi connectivity index (χ1) is 14.5. The first-order valence-electron chi connectivity index (χ1n) is 8.83. The molecule has 0 aliphatic carbocycles. The van der Waals surface area contributed by atoms with Crippen molar-refractivity contribution in [3.05, 3.63) is 53.5 Å². The van der Waals surface area contributed by atoms with Gasteiger partial charge in [0.2, 0.25) is 0 Å². The molecule has 16 heteroatoms. The van der Waals surface area contributed by atoms with E-state index in [2.05, 4.69) is 15.2 Å². The first kappa shape index (κ1) is 23.0. The van der Waals surface area contributed by atoms with Gasteiger partial charge in [-0.05, 0) is 0 Å². The maximum absolute atomic E-state index is 12.1. The van der Waals surface area contributed by atoms with Crippen molar-refractivity contribution in [3.63, 3.8) is 0 Å². The molecule has 1 fully saturated rings. The number of nitrogens with zero attached hydrogens (tertiary/aromatic N) is 1. The maximum atomic E-state index is 12.1. The molecule has 1 aliphatic heterocycles. The van der Waals surface area contributed by atoms with E-state index in [-0.39, 0.29) is 24.5 Å². The van der Waals surface area contributed by atoms with Gasteiger partial charge in [-0.3, -0.25) is 28.5 Å². The number of ether oxygens (including phenoxy) is 1. The summed E-state index contributed by atoms with van der Waals surface area (Å²) in [6.07, 6.45) is -3.25. The summed E-state index contributed by atoms with van der Waals surface area (Å²) in [4.78, 5) is 66.9. The first-order valence-corrected chi connectivity index (χ1v) is 10.4. The normalized spacial score (nSPS) is 23.9. The minimum atomic E-state index is -4.93. The van der Waals surface area contributed by atoms with Crippen molar-refractivity contribution in [2.24, 2.45) is 0 Å². The molecule has 0 unspecified atom stereocenters. The average Bonchev–Trinajstić information content (AvgIpc) is 3.00. The smallest absolute Gasteiger partial charge is 0.395 e. The lowest BCUT2D eigenvalue weighted by Gasteiger charge is -2.24. The summed E-state index contributed by atoms with van der Waals surface area (Å²) in [7, 11) is -4.93. The van der Waals surface area contributed by atoms with E-state index in [1.807, 2.05) is 4.98 Å². The van der Waals surface area contributed by atoms with Crippen LogP contribution in [0.1, 0.15) is 6.23 Å². The van der Waals surface area contributed by atoms with Crippen LogP contribution in [0, 0.1) is 0 Å². The summed E-state index contributed by atoms with van der Waals surface area (Å²) in [6.45, 7) is -1.12. The number of nitrogens with one attached hydrogen (secondary N) is 3. The molecule has 0 bridgehead atoms. The van der Waals surface area contributed by atoms with Gasteiger partial charge in [-0.1, -0.05) is 0 Å². The monoisotopic (exact) mass is 462 g/mol. The molecule has 31 heavy (non-hydrogen) atoms. The molecule has 0 saturated carbocycles. The summed E-state index contributed by atoms with van der Waals surface area (Å²) >= 11 is 0. The zero-order valence-electron chi connectivity index (χ0n) is 15.6. The molecule has 2 aromatic rings. The SMILES string of the molecule is O=c1ccn([C@@H]2O[C@H](COP(=O)(O)O)[C@@H](Nc3c(NCCO)c(=O)c3=O)[C@H]2O)c(=O)[nH]1. The quantitative estimate of drug-likeness (QED) is 0.141. The molecule has 2 heterocycles.